The van der Waals surface area contributed by atoms with Crippen LogP contribution < -0.4 is 10.6 Å². The van der Waals surface area contributed by atoms with Crippen LogP contribution in [0.4, 0.5) is 0 Å². The Morgan fingerprint density at radius 1 is 1.17 bits per heavy atom. The quantitative estimate of drug-likeness (QED) is 0.782. The fourth-order valence-electron chi connectivity index (χ4n) is 1.22. The summed E-state index contributed by atoms with van der Waals surface area (Å²) >= 11 is 5.70. The number of hydrogen-bond acceptors (Lipinski definition) is 3. The van der Waals surface area contributed by atoms with Crippen molar-refractivity contribution in [3.63, 3.8) is 0 Å². The highest BCUT2D eigenvalue weighted by Gasteiger charge is 2.04. The van der Waals surface area contributed by atoms with Crippen molar-refractivity contribution in [1.29, 1.82) is 5.26 Å². The van der Waals surface area contributed by atoms with Crippen molar-refractivity contribution in [1.82, 2.24) is 10.6 Å². The highest BCUT2D eigenvalue weighted by Crippen LogP contribution is 2.08. The second kappa shape index (κ2) is 7.30. The van der Waals surface area contributed by atoms with Crippen LogP contribution in [0.5, 0.6) is 0 Å². The molecule has 6 heteroatoms. The first-order chi connectivity index (χ1) is 8.63. The zero-order chi connectivity index (χ0) is 13.4. The molecule has 18 heavy (non-hydrogen) atoms. The van der Waals surface area contributed by atoms with E-state index in [9.17, 15) is 9.59 Å². The Morgan fingerprint density at radius 3 is 2.39 bits per heavy atom. The van der Waals surface area contributed by atoms with Crippen LogP contribution in [-0.4, -0.2) is 24.9 Å². The summed E-state index contributed by atoms with van der Waals surface area (Å²) in [6.45, 7) is 0.596. The highest BCUT2D eigenvalue weighted by atomic mass is 35.5. The fraction of sp³-hybridized carbons (Fsp3) is 0.250. The van der Waals surface area contributed by atoms with Gasteiger partial charge in [0.1, 0.15) is 6.42 Å². The van der Waals surface area contributed by atoms with Crippen molar-refractivity contribution in [2.45, 2.75) is 6.42 Å². The first-order valence-electron chi connectivity index (χ1n) is 5.31. The molecule has 0 bridgehead atoms. The Morgan fingerprint density at radius 2 is 1.78 bits per heavy atom. The van der Waals surface area contributed by atoms with Crippen LogP contribution in [0, 0.1) is 11.3 Å². The maximum atomic E-state index is 11.6. The number of halogens is 1. The molecule has 0 unspecified atom stereocenters. The SMILES string of the molecule is N#CCC(=O)NCCNC(=O)c1ccc(Cl)cc1. The molecule has 0 aliphatic heterocycles. The van der Waals surface area contributed by atoms with E-state index < -0.39 is 0 Å². The lowest BCUT2D eigenvalue weighted by Gasteiger charge is -2.06. The molecule has 0 aliphatic carbocycles. The molecule has 1 aromatic rings. The second-order valence-corrected chi connectivity index (χ2v) is 3.88. The van der Waals surface area contributed by atoms with Crippen molar-refractivity contribution in [3.05, 3.63) is 34.9 Å². The van der Waals surface area contributed by atoms with E-state index in [0.717, 1.165) is 0 Å². The normalized spacial score (nSPS) is 9.33. The summed E-state index contributed by atoms with van der Waals surface area (Å²) in [5, 5.41) is 14.0. The Labute approximate surface area is 110 Å². The van der Waals surface area contributed by atoms with Crippen LogP contribution in [0.1, 0.15) is 16.8 Å². The number of nitriles is 1. The molecule has 0 spiro atoms. The van der Waals surface area contributed by atoms with Crippen LogP contribution >= 0.6 is 11.6 Å². The van der Waals surface area contributed by atoms with Gasteiger partial charge in [0.15, 0.2) is 0 Å². The van der Waals surface area contributed by atoms with Crippen molar-refractivity contribution >= 4 is 23.4 Å². The van der Waals surface area contributed by atoms with Gasteiger partial charge in [-0.1, -0.05) is 11.6 Å². The smallest absolute Gasteiger partial charge is 0.251 e. The summed E-state index contributed by atoms with van der Waals surface area (Å²) < 4.78 is 0. The predicted octanol–water partition coefficient (Wildman–Crippen LogP) is 1.10. The van der Waals surface area contributed by atoms with Gasteiger partial charge in [0, 0.05) is 23.7 Å². The van der Waals surface area contributed by atoms with Gasteiger partial charge in [0.05, 0.1) is 6.07 Å². The molecule has 0 saturated carbocycles. The minimum absolute atomic E-state index is 0.175. The monoisotopic (exact) mass is 265 g/mol. The van der Waals surface area contributed by atoms with E-state index in [4.69, 9.17) is 16.9 Å². The lowest BCUT2D eigenvalue weighted by molar-refractivity contribution is -0.120. The molecule has 0 atom stereocenters. The van der Waals surface area contributed by atoms with Crippen molar-refractivity contribution < 1.29 is 9.59 Å². The van der Waals surface area contributed by atoms with E-state index >= 15 is 0 Å². The van der Waals surface area contributed by atoms with E-state index in [0.29, 0.717) is 23.7 Å². The van der Waals surface area contributed by atoms with E-state index in [1.165, 1.54) is 0 Å². The third-order valence-electron chi connectivity index (χ3n) is 2.08. The van der Waals surface area contributed by atoms with E-state index in [-0.39, 0.29) is 18.2 Å². The zero-order valence-corrected chi connectivity index (χ0v) is 10.3. The molecule has 0 fully saturated rings. The number of rotatable bonds is 5. The molecule has 1 rings (SSSR count). The summed E-state index contributed by atoms with van der Waals surface area (Å²) in [4.78, 5) is 22.5. The Kier molecular flexibility index (Phi) is 5.68. The zero-order valence-electron chi connectivity index (χ0n) is 9.57. The summed E-state index contributed by atoms with van der Waals surface area (Å²) in [5.41, 5.74) is 0.503. The van der Waals surface area contributed by atoms with Gasteiger partial charge in [-0.05, 0) is 24.3 Å². The lowest BCUT2D eigenvalue weighted by Crippen LogP contribution is -2.34. The molecule has 2 N–H and O–H groups in total. The van der Waals surface area contributed by atoms with E-state index in [1.807, 2.05) is 0 Å². The van der Waals surface area contributed by atoms with Crippen LogP contribution in [0.25, 0.3) is 0 Å². The average Bonchev–Trinajstić information content (AvgIpc) is 2.35. The van der Waals surface area contributed by atoms with Crippen LogP contribution in [-0.2, 0) is 4.79 Å². The molecular formula is C12H12ClN3O2. The van der Waals surface area contributed by atoms with Crippen LogP contribution in [0.3, 0.4) is 0 Å². The molecule has 2 amide bonds. The van der Waals surface area contributed by atoms with Gasteiger partial charge < -0.3 is 10.6 Å². The molecular weight excluding hydrogens is 254 g/mol. The first-order valence-corrected chi connectivity index (χ1v) is 5.68. The minimum Gasteiger partial charge on any atom is -0.353 e. The largest absolute Gasteiger partial charge is 0.353 e. The number of nitrogens with zero attached hydrogens (tertiary/aromatic N) is 1. The van der Waals surface area contributed by atoms with Gasteiger partial charge in [0.2, 0.25) is 5.91 Å². The Bertz CT molecular complexity index is 465. The maximum Gasteiger partial charge on any atom is 0.251 e. The predicted molar refractivity (Wildman–Crippen MR) is 67.0 cm³/mol. The number of carbonyl (C=O) groups excluding carboxylic acids is 2. The van der Waals surface area contributed by atoms with Crippen LogP contribution in [0.2, 0.25) is 5.02 Å². The Balaban J connectivity index is 2.28. The molecule has 1 aromatic carbocycles. The second-order valence-electron chi connectivity index (χ2n) is 3.45. The van der Waals surface area contributed by atoms with E-state index in [1.54, 1.807) is 30.3 Å². The molecule has 0 radical (unpaired) electrons. The lowest BCUT2D eigenvalue weighted by atomic mass is 10.2. The average molecular weight is 266 g/mol. The topological polar surface area (TPSA) is 82.0 Å². The Hall–Kier alpha value is -2.06. The van der Waals surface area contributed by atoms with Gasteiger partial charge in [-0.15, -0.1) is 0 Å². The van der Waals surface area contributed by atoms with Crippen LogP contribution in [0.15, 0.2) is 24.3 Å². The number of amides is 2. The van der Waals surface area contributed by atoms with Gasteiger partial charge >= 0.3 is 0 Å². The van der Waals surface area contributed by atoms with Gasteiger partial charge in [0.25, 0.3) is 5.91 Å². The van der Waals surface area contributed by atoms with Gasteiger partial charge in [-0.3, -0.25) is 9.59 Å². The standard InChI is InChI=1S/C12H12ClN3O2/c13-10-3-1-9(2-4-10)12(18)16-8-7-15-11(17)5-6-14/h1-4H,5,7-8H2,(H,15,17)(H,16,18). The molecule has 0 saturated heterocycles. The summed E-state index contributed by atoms with van der Waals surface area (Å²) in [5.74, 6) is -0.584. The van der Waals surface area contributed by atoms with Crippen molar-refractivity contribution in [3.8, 4) is 6.07 Å². The van der Waals surface area contributed by atoms with Gasteiger partial charge in [-0.2, -0.15) is 5.26 Å². The van der Waals surface area contributed by atoms with Crippen molar-refractivity contribution in [2.75, 3.05) is 13.1 Å². The fourth-order valence-corrected chi connectivity index (χ4v) is 1.34. The molecule has 0 aromatic heterocycles. The van der Waals surface area contributed by atoms with Crippen molar-refractivity contribution in [2.24, 2.45) is 0 Å². The number of nitrogens with one attached hydrogen (secondary N) is 2. The third-order valence-corrected chi connectivity index (χ3v) is 2.33. The third kappa shape index (κ3) is 4.85. The summed E-state index contributed by atoms with van der Waals surface area (Å²) in [6, 6.07) is 8.23. The van der Waals surface area contributed by atoms with Gasteiger partial charge in [-0.25, -0.2) is 0 Å². The van der Waals surface area contributed by atoms with E-state index in [2.05, 4.69) is 10.6 Å². The summed E-state index contributed by atoms with van der Waals surface area (Å²) in [6.07, 6.45) is -0.175. The summed E-state index contributed by atoms with van der Waals surface area (Å²) in [7, 11) is 0. The first kappa shape index (κ1) is 14.0. The number of hydrogen-bond donors (Lipinski definition) is 2. The number of benzene rings is 1. The maximum absolute atomic E-state index is 11.6. The molecule has 5 nitrogen and oxygen atoms in total. The highest BCUT2D eigenvalue weighted by molar-refractivity contribution is 6.30. The molecule has 0 heterocycles. The molecule has 0 aliphatic rings. The number of carbonyl (C=O) groups is 2. The molecule has 94 valence electrons. The minimum atomic E-state index is -0.349.